The number of fused-ring (bicyclic) bond motifs is 1. The van der Waals surface area contributed by atoms with E-state index in [9.17, 15) is 14.0 Å². The first-order chi connectivity index (χ1) is 11.5. The highest BCUT2D eigenvalue weighted by Gasteiger charge is 2.20. The average Bonchev–Trinajstić information content (AvgIpc) is 2.61. The Kier molecular flexibility index (Phi) is 4.38. The Labute approximate surface area is 138 Å². The van der Waals surface area contributed by atoms with Crippen molar-refractivity contribution >= 4 is 22.5 Å². The minimum Gasteiger partial charge on any atom is -0.451 e. The minimum atomic E-state index is -0.950. The summed E-state index contributed by atoms with van der Waals surface area (Å²) in [5, 5.41) is 1.94. The van der Waals surface area contributed by atoms with E-state index in [1.54, 1.807) is 12.1 Å². The van der Waals surface area contributed by atoms with Gasteiger partial charge < -0.3 is 4.74 Å². The molecular weight excluding hydrogens is 307 g/mol. The molecule has 3 aromatic rings. The first kappa shape index (κ1) is 15.9. The number of Topliss-reactive ketones (excluding diaryl/α,β-unsaturated/α-hetero) is 1. The van der Waals surface area contributed by atoms with Gasteiger partial charge in [-0.25, -0.2) is 9.18 Å². The summed E-state index contributed by atoms with van der Waals surface area (Å²) >= 11 is 0. The van der Waals surface area contributed by atoms with Gasteiger partial charge in [-0.15, -0.1) is 0 Å². The predicted octanol–water partition coefficient (Wildman–Crippen LogP) is 4.41. The minimum absolute atomic E-state index is 0.301. The van der Waals surface area contributed by atoms with Crippen LogP contribution in [0.4, 0.5) is 4.39 Å². The van der Waals surface area contributed by atoms with E-state index in [0.29, 0.717) is 11.1 Å². The van der Waals surface area contributed by atoms with E-state index in [1.165, 1.54) is 31.2 Å². The average molecular weight is 322 g/mol. The molecule has 1 unspecified atom stereocenters. The molecule has 0 aliphatic heterocycles. The molecule has 0 saturated heterocycles. The molecule has 0 amide bonds. The van der Waals surface area contributed by atoms with Gasteiger partial charge in [0.25, 0.3) is 0 Å². The first-order valence-corrected chi connectivity index (χ1v) is 7.54. The lowest BCUT2D eigenvalue weighted by Crippen LogP contribution is -2.24. The first-order valence-electron chi connectivity index (χ1n) is 7.54. The molecule has 0 radical (unpaired) electrons. The summed E-state index contributed by atoms with van der Waals surface area (Å²) < 4.78 is 18.2. The van der Waals surface area contributed by atoms with Crippen molar-refractivity contribution in [1.82, 2.24) is 0 Å². The van der Waals surface area contributed by atoms with Crippen molar-refractivity contribution in [3.05, 3.63) is 83.7 Å². The molecule has 0 aliphatic carbocycles. The number of esters is 1. The van der Waals surface area contributed by atoms with E-state index < -0.39 is 17.9 Å². The molecule has 3 rings (SSSR count). The normalized spacial score (nSPS) is 11.9. The highest BCUT2D eigenvalue weighted by molar-refractivity contribution is 6.02. The number of benzene rings is 3. The smallest absolute Gasteiger partial charge is 0.338 e. The Bertz CT molecular complexity index is 900. The Balaban J connectivity index is 1.75. The van der Waals surface area contributed by atoms with Crippen LogP contribution < -0.4 is 0 Å². The summed E-state index contributed by atoms with van der Waals surface area (Å²) in [5.41, 5.74) is 0.683. The van der Waals surface area contributed by atoms with Crippen LogP contribution in [0, 0.1) is 5.82 Å². The van der Waals surface area contributed by atoms with E-state index in [-0.39, 0.29) is 5.78 Å². The molecule has 0 fully saturated rings. The van der Waals surface area contributed by atoms with E-state index in [0.717, 1.165) is 10.8 Å². The second-order valence-electron chi connectivity index (χ2n) is 5.48. The Hall–Kier alpha value is -3.01. The SMILES string of the molecule is CC(OC(=O)c1ccc2ccccc2c1)C(=O)c1ccc(F)cc1. The maximum absolute atomic E-state index is 12.9. The molecule has 0 saturated carbocycles. The molecule has 0 heterocycles. The Morgan fingerprint density at radius 3 is 2.21 bits per heavy atom. The van der Waals surface area contributed by atoms with Crippen molar-refractivity contribution in [3.8, 4) is 0 Å². The summed E-state index contributed by atoms with van der Waals surface area (Å²) in [6, 6.07) is 18.0. The summed E-state index contributed by atoms with van der Waals surface area (Å²) in [4.78, 5) is 24.5. The van der Waals surface area contributed by atoms with Crippen molar-refractivity contribution in [3.63, 3.8) is 0 Å². The highest BCUT2D eigenvalue weighted by atomic mass is 19.1. The number of ketones is 1. The molecule has 120 valence electrons. The van der Waals surface area contributed by atoms with Gasteiger partial charge in [0.2, 0.25) is 5.78 Å². The molecular formula is C20H15FO3. The van der Waals surface area contributed by atoms with Gasteiger partial charge in [-0.1, -0.05) is 30.3 Å². The highest BCUT2D eigenvalue weighted by Crippen LogP contribution is 2.17. The number of carbonyl (C=O) groups excluding carboxylic acids is 2. The number of rotatable bonds is 4. The maximum atomic E-state index is 12.9. The largest absolute Gasteiger partial charge is 0.451 e. The van der Waals surface area contributed by atoms with Crippen LogP contribution in [0.3, 0.4) is 0 Å². The topological polar surface area (TPSA) is 43.4 Å². The van der Waals surface area contributed by atoms with Crippen LogP contribution in [-0.4, -0.2) is 17.9 Å². The van der Waals surface area contributed by atoms with Crippen LogP contribution in [0.5, 0.6) is 0 Å². The predicted molar refractivity (Wildman–Crippen MR) is 89.6 cm³/mol. The monoisotopic (exact) mass is 322 g/mol. The quantitative estimate of drug-likeness (QED) is 0.528. The van der Waals surface area contributed by atoms with Crippen molar-refractivity contribution in [2.45, 2.75) is 13.0 Å². The fourth-order valence-electron chi connectivity index (χ4n) is 2.45. The number of carbonyl (C=O) groups is 2. The zero-order valence-electron chi connectivity index (χ0n) is 13.0. The van der Waals surface area contributed by atoms with Gasteiger partial charge in [0.05, 0.1) is 5.56 Å². The molecule has 0 bridgehead atoms. The van der Waals surface area contributed by atoms with E-state index in [4.69, 9.17) is 4.74 Å². The second kappa shape index (κ2) is 6.62. The van der Waals surface area contributed by atoms with Crippen LogP contribution in [0.2, 0.25) is 0 Å². The summed E-state index contributed by atoms with van der Waals surface area (Å²) in [5.74, 6) is -1.36. The molecule has 3 aromatic carbocycles. The molecule has 0 spiro atoms. The number of hydrogen-bond acceptors (Lipinski definition) is 3. The van der Waals surface area contributed by atoms with Crippen molar-refractivity contribution < 1.29 is 18.7 Å². The van der Waals surface area contributed by atoms with Crippen LogP contribution >= 0.6 is 0 Å². The fraction of sp³-hybridized carbons (Fsp3) is 0.100. The van der Waals surface area contributed by atoms with Crippen LogP contribution in [0.1, 0.15) is 27.6 Å². The lowest BCUT2D eigenvalue weighted by atomic mass is 10.1. The van der Waals surface area contributed by atoms with Gasteiger partial charge in [-0.2, -0.15) is 0 Å². The summed E-state index contributed by atoms with van der Waals surface area (Å²) in [7, 11) is 0. The lowest BCUT2D eigenvalue weighted by molar-refractivity contribution is 0.0319. The van der Waals surface area contributed by atoms with Gasteiger partial charge in [-0.05, 0) is 54.1 Å². The van der Waals surface area contributed by atoms with Gasteiger partial charge >= 0.3 is 5.97 Å². The summed E-state index contributed by atoms with van der Waals surface area (Å²) in [6.07, 6.45) is -0.950. The van der Waals surface area contributed by atoms with Crippen molar-refractivity contribution in [2.75, 3.05) is 0 Å². The number of halogens is 1. The van der Waals surface area contributed by atoms with Crippen molar-refractivity contribution in [2.24, 2.45) is 0 Å². The molecule has 4 heteroatoms. The van der Waals surface area contributed by atoms with E-state index in [1.807, 2.05) is 30.3 Å². The van der Waals surface area contributed by atoms with Crippen LogP contribution in [0.15, 0.2) is 66.7 Å². The van der Waals surface area contributed by atoms with Crippen LogP contribution in [-0.2, 0) is 4.74 Å². The molecule has 24 heavy (non-hydrogen) atoms. The van der Waals surface area contributed by atoms with Gasteiger partial charge in [0.1, 0.15) is 5.82 Å². The third-order valence-corrected chi connectivity index (χ3v) is 3.77. The molecule has 1 atom stereocenters. The molecule has 0 N–H and O–H groups in total. The number of hydrogen-bond donors (Lipinski definition) is 0. The zero-order chi connectivity index (χ0) is 17.1. The third-order valence-electron chi connectivity index (χ3n) is 3.77. The summed E-state index contributed by atoms with van der Waals surface area (Å²) in [6.45, 7) is 1.50. The standard InChI is InChI=1S/C20H15FO3/c1-13(19(22)15-8-10-18(21)11-9-15)24-20(23)17-7-6-14-4-2-3-5-16(14)12-17/h2-13H,1H3. The Morgan fingerprint density at radius 1 is 0.875 bits per heavy atom. The van der Waals surface area contributed by atoms with Crippen LogP contribution in [0.25, 0.3) is 10.8 Å². The second-order valence-corrected chi connectivity index (χ2v) is 5.48. The van der Waals surface area contributed by atoms with E-state index >= 15 is 0 Å². The fourth-order valence-corrected chi connectivity index (χ4v) is 2.45. The number of ether oxygens (including phenoxy) is 1. The molecule has 0 aromatic heterocycles. The van der Waals surface area contributed by atoms with Gasteiger partial charge in [0.15, 0.2) is 6.10 Å². The van der Waals surface area contributed by atoms with Crippen molar-refractivity contribution in [1.29, 1.82) is 0 Å². The maximum Gasteiger partial charge on any atom is 0.338 e. The van der Waals surface area contributed by atoms with E-state index in [2.05, 4.69) is 0 Å². The lowest BCUT2D eigenvalue weighted by Gasteiger charge is -2.12. The Morgan fingerprint density at radius 2 is 1.50 bits per heavy atom. The third kappa shape index (κ3) is 3.33. The van der Waals surface area contributed by atoms with Gasteiger partial charge in [-0.3, -0.25) is 4.79 Å². The zero-order valence-corrected chi connectivity index (χ0v) is 13.0. The molecule has 0 aliphatic rings. The molecule has 3 nitrogen and oxygen atoms in total. The van der Waals surface area contributed by atoms with Gasteiger partial charge in [0, 0.05) is 5.56 Å².